The lowest BCUT2D eigenvalue weighted by Crippen LogP contribution is -2.11. The molecule has 0 nitrogen and oxygen atoms in total. The van der Waals surface area contributed by atoms with Gasteiger partial charge in [-0.15, -0.1) is 0 Å². The van der Waals surface area contributed by atoms with E-state index in [1.165, 1.54) is 22.3 Å². The van der Waals surface area contributed by atoms with Gasteiger partial charge < -0.3 is 0 Å². The largest absolute Gasteiger partial charge is 0.0991 e. The zero-order valence-corrected chi connectivity index (χ0v) is 10.6. The van der Waals surface area contributed by atoms with Gasteiger partial charge in [0, 0.05) is 5.41 Å². The zero-order chi connectivity index (χ0) is 11.6. The van der Waals surface area contributed by atoms with Gasteiger partial charge >= 0.3 is 0 Å². The van der Waals surface area contributed by atoms with Crippen molar-refractivity contribution in [2.75, 3.05) is 0 Å². The van der Waals surface area contributed by atoms with Crippen LogP contribution in [-0.4, -0.2) is 0 Å². The molecule has 0 heterocycles. The molecule has 0 atom stereocenters. The first-order valence-corrected chi connectivity index (χ1v) is 5.67. The van der Waals surface area contributed by atoms with Crippen LogP contribution in [0.25, 0.3) is 0 Å². The average molecular weight is 202 g/mol. The van der Waals surface area contributed by atoms with E-state index in [4.69, 9.17) is 0 Å². The Hall–Kier alpha value is -1.04. The highest BCUT2D eigenvalue weighted by Gasteiger charge is 2.32. The molecule has 0 heteroatoms. The zero-order valence-electron chi connectivity index (χ0n) is 10.6. The van der Waals surface area contributed by atoms with Crippen molar-refractivity contribution in [3.63, 3.8) is 0 Å². The highest BCUT2D eigenvalue weighted by atomic mass is 14.4. The summed E-state index contributed by atoms with van der Waals surface area (Å²) in [6.07, 6.45) is 7.18. The van der Waals surface area contributed by atoms with Crippen LogP contribution >= 0.6 is 0 Å². The minimum Gasteiger partial charge on any atom is -0.0991 e. The topological polar surface area (TPSA) is 0 Å². The third-order valence-electron chi connectivity index (χ3n) is 3.81. The molecule has 0 spiro atoms. The van der Waals surface area contributed by atoms with E-state index in [0.29, 0.717) is 0 Å². The fraction of sp³-hybridized carbons (Fsp3) is 0.467. The van der Waals surface area contributed by atoms with E-state index >= 15 is 0 Å². The van der Waals surface area contributed by atoms with Crippen molar-refractivity contribution in [2.24, 2.45) is 5.41 Å². The molecule has 0 fully saturated rings. The van der Waals surface area contributed by atoms with E-state index in [-0.39, 0.29) is 5.41 Å². The summed E-state index contributed by atoms with van der Waals surface area (Å²) in [6.45, 7) is 15.1. The van der Waals surface area contributed by atoms with Crippen molar-refractivity contribution in [3.8, 4) is 0 Å². The molecule has 1 aliphatic rings. The molecule has 0 aromatic carbocycles. The second-order valence-corrected chi connectivity index (χ2v) is 4.72. The molecule has 0 N–H and O–H groups in total. The van der Waals surface area contributed by atoms with Crippen LogP contribution in [0.15, 0.2) is 47.1 Å². The second-order valence-electron chi connectivity index (χ2n) is 4.72. The van der Waals surface area contributed by atoms with Crippen molar-refractivity contribution in [2.45, 2.75) is 41.0 Å². The molecule has 0 aromatic rings. The van der Waals surface area contributed by atoms with Crippen molar-refractivity contribution in [1.29, 1.82) is 0 Å². The average Bonchev–Trinajstić information content (AvgIpc) is 2.36. The molecule has 0 unspecified atom stereocenters. The van der Waals surface area contributed by atoms with Crippen LogP contribution < -0.4 is 0 Å². The molecule has 1 rings (SSSR count). The number of allylic oxidation sites excluding steroid dienone is 7. The minimum atomic E-state index is 0.228. The molecule has 0 radical (unpaired) electrons. The summed E-state index contributed by atoms with van der Waals surface area (Å²) >= 11 is 0. The van der Waals surface area contributed by atoms with Gasteiger partial charge in [-0.25, -0.2) is 0 Å². The third-order valence-corrected chi connectivity index (χ3v) is 3.81. The van der Waals surface area contributed by atoms with Crippen LogP contribution in [0, 0.1) is 5.41 Å². The van der Waals surface area contributed by atoms with Gasteiger partial charge in [-0.05, 0) is 31.4 Å². The van der Waals surface area contributed by atoms with Crippen molar-refractivity contribution < 1.29 is 0 Å². The van der Waals surface area contributed by atoms with E-state index < -0.39 is 0 Å². The molecule has 0 aliphatic heterocycles. The van der Waals surface area contributed by atoms with Crippen LogP contribution in [0.2, 0.25) is 0 Å². The van der Waals surface area contributed by atoms with E-state index in [2.05, 4.69) is 47.3 Å². The number of rotatable bonds is 3. The molecule has 0 saturated heterocycles. The third kappa shape index (κ3) is 1.86. The molecular weight excluding hydrogens is 180 g/mol. The normalized spacial score (nSPS) is 20.6. The fourth-order valence-corrected chi connectivity index (χ4v) is 2.27. The lowest BCUT2D eigenvalue weighted by atomic mass is 9.81. The van der Waals surface area contributed by atoms with Gasteiger partial charge in [0.05, 0.1) is 0 Å². The van der Waals surface area contributed by atoms with Gasteiger partial charge in [0.1, 0.15) is 0 Å². The monoisotopic (exact) mass is 202 g/mol. The number of hydrogen-bond acceptors (Lipinski definition) is 0. The maximum atomic E-state index is 3.73. The SMILES string of the molecule is C=C/C=C\C1=C(C)C(C)(C)C(C)=C1CC. The Kier molecular flexibility index (Phi) is 3.38. The van der Waals surface area contributed by atoms with Gasteiger partial charge in [-0.3, -0.25) is 0 Å². The highest BCUT2D eigenvalue weighted by Crippen LogP contribution is 2.47. The molecule has 0 amide bonds. The van der Waals surface area contributed by atoms with Gasteiger partial charge in [-0.1, -0.05) is 56.7 Å². The first kappa shape index (κ1) is 12.0. The predicted octanol–water partition coefficient (Wildman–Crippen LogP) is 4.81. The van der Waals surface area contributed by atoms with E-state index in [1.807, 2.05) is 12.2 Å². The smallest absolute Gasteiger partial charge is 0.00736 e. The lowest BCUT2D eigenvalue weighted by molar-refractivity contribution is 0.547. The lowest BCUT2D eigenvalue weighted by Gasteiger charge is -2.23. The Morgan fingerprint density at radius 1 is 1.20 bits per heavy atom. The van der Waals surface area contributed by atoms with Crippen LogP contribution in [0.4, 0.5) is 0 Å². The molecule has 15 heavy (non-hydrogen) atoms. The Bertz CT molecular complexity index is 359. The predicted molar refractivity (Wildman–Crippen MR) is 68.8 cm³/mol. The van der Waals surface area contributed by atoms with Crippen LogP contribution in [-0.2, 0) is 0 Å². The first-order chi connectivity index (χ1) is 6.96. The summed E-state index contributed by atoms with van der Waals surface area (Å²) in [4.78, 5) is 0. The first-order valence-electron chi connectivity index (χ1n) is 5.67. The van der Waals surface area contributed by atoms with Gasteiger partial charge in [0.2, 0.25) is 0 Å². The summed E-state index contributed by atoms with van der Waals surface area (Å²) in [7, 11) is 0. The van der Waals surface area contributed by atoms with Gasteiger partial charge in [-0.2, -0.15) is 0 Å². The molecule has 82 valence electrons. The molecule has 0 aromatic heterocycles. The number of hydrogen-bond donors (Lipinski definition) is 0. The van der Waals surface area contributed by atoms with Crippen LogP contribution in [0.3, 0.4) is 0 Å². The Labute approximate surface area is 94.1 Å². The van der Waals surface area contributed by atoms with Crippen LogP contribution in [0.1, 0.15) is 41.0 Å². The van der Waals surface area contributed by atoms with Crippen molar-refractivity contribution >= 4 is 0 Å². The van der Waals surface area contributed by atoms with Crippen LogP contribution in [0.5, 0.6) is 0 Å². The molecule has 0 bridgehead atoms. The Balaban J connectivity index is 3.28. The Morgan fingerprint density at radius 3 is 2.27 bits per heavy atom. The highest BCUT2D eigenvalue weighted by molar-refractivity contribution is 5.56. The van der Waals surface area contributed by atoms with Crippen molar-refractivity contribution in [3.05, 3.63) is 47.1 Å². The maximum absolute atomic E-state index is 3.73. The van der Waals surface area contributed by atoms with E-state index in [9.17, 15) is 0 Å². The second kappa shape index (κ2) is 4.22. The summed E-state index contributed by atoms with van der Waals surface area (Å²) in [5.74, 6) is 0. The molecule has 0 saturated carbocycles. The fourth-order valence-electron chi connectivity index (χ4n) is 2.27. The summed E-state index contributed by atoms with van der Waals surface area (Å²) in [5.41, 5.74) is 6.16. The molecular formula is C15H22. The van der Waals surface area contributed by atoms with E-state index in [1.54, 1.807) is 0 Å². The van der Waals surface area contributed by atoms with Gasteiger partial charge in [0.25, 0.3) is 0 Å². The summed E-state index contributed by atoms with van der Waals surface area (Å²) in [6, 6.07) is 0. The molecule has 1 aliphatic carbocycles. The minimum absolute atomic E-state index is 0.228. The van der Waals surface area contributed by atoms with E-state index in [0.717, 1.165) is 6.42 Å². The summed E-state index contributed by atoms with van der Waals surface area (Å²) < 4.78 is 0. The standard InChI is InChI=1S/C15H22/c1-7-9-10-14-12(4)15(5,6)11(3)13(14)8-2/h7,9-10H,1,8H2,2-6H3/b10-9-. The quantitative estimate of drug-likeness (QED) is 0.576. The summed E-state index contributed by atoms with van der Waals surface area (Å²) in [5, 5.41) is 0. The maximum Gasteiger partial charge on any atom is 0.00736 e. The Morgan fingerprint density at radius 2 is 1.80 bits per heavy atom. The van der Waals surface area contributed by atoms with Crippen molar-refractivity contribution in [1.82, 2.24) is 0 Å². The van der Waals surface area contributed by atoms with Gasteiger partial charge in [0.15, 0.2) is 0 Å².